The summed E-state index contributed by atoms with van der Waals surface area (Å²) in [5, 5.41) is 0. The van der Waals surface area contributed by atoms with Crippen molar-refractivity contribution in [1.29, 1.82) is 0 Å². The van der Waals surface area contributed by atoms with Crippen LogP contribution in [-0.2, 0) is 14.3 Å². The molecule has 0 aromatic rings. The topological polar surface area (TPSA) is 43.4 Å². The lowest BCUT2D eigenvalue weighted by Crippen LogP contribution is -1.98. The van der Waals surface area contributed by atoms with Gasteiger partial charge in [-0.15, -0.1) is 0 Å². The molecule has 0 amide bonds. The van der Waals surface area contributed by atoms with Gasteiger partial charge in [0.25, 0.3) is 0 Å². The van der Waals surface area contributed by atoms with E-state index in [4.69, 9.17) is 0 Å². The van der Waals surface area contributed by atoms with Crippen molar-refractivity contribution in [1.82, 2.24) is 0 Å². The van der Waals surface area contributed by atoms with Crippen LogP contribution in [-0.4, -0.2) is 18.9 Å². The van der Waals surface area contributed by atoms with Crippen LogP contribution in [0.3, 0.4) is 0 Å². The van der Waals surface area contributed by atoms with E-state index in [1.165, 1.54) is 7.11 Å². The van der Waals surface area contributed by atoms with Crippen molar-refractivity contribution in [3.05, 3.63) is 23.8 Å². The van der Waals surface area contributed by atoms with Crippen LogP contribution in [0.2, 0.25) is 0 Å². The van der Waals surface area contributed by atoms with Gasteiger partial charge in [0.05, 0.1) is 7.11 Å². The zero-order valence-electron chi connectivity index (χ0n) is 10.4. The van der Waals surface area contributed by atoms with Gasteiger partial charge in [-0.25, -0.2) is 0 Å². The van der Waals surface area contributed by atoms with Crippen LogP contribution < -0.4 is 0 Å². The molecule has 0 atom stereocenters. The summed E-state index contributed by atoms with van der Waals surface area (Å²) in [5.41, 5.74) is 1.01. The molecule has 0 fully saturated rings. The van der Waals surface area contributed by atoms with Gasteiger partial charge in [-0.2, -0.15) is 0 Å². The first kappa shape index (κ1) is 13.7. The highest BCUT2D eigenvalue weighted by Crippen LogP contribution is 2.19. The maximum absolute atomic E-state index is 11.3. The molecule has 0 saturated heterocycles. The molecule has 0 saturated carbocycles. The van der Waals surface area contributed by atoms with Crippen molar-refractivity contribution < 1.29 is 14.3 Å². The van der Waals surface area contributed by atoms with Crippen molar-refractivity contribution >= 4 is 11.8 Å². The lowest BCUT2D eigenvalue weighted by molar-refractivity contribution is -0.140. The number of methoxy groups -OCH3 is 1. The summed E-state index contributed by atoms with van der Waals surface area (Å²) in [5.74, 6) is 0.149. The third kappa shape index (κ3) is 5.48. The number of hydrogen-bond acceptors (Lipinski definition) is 3. The smallest absolute Gasteiger partial charge is 0.305 e. The third-order valence-electron chi connectivity index (χ3n) is 2.85. The summed E-state index contributed by atoms with van der Waals surface area (Å²) in [6.07, 6.45) is 11.8. The quantitative estimate of drug-likeness (QED) is 0.388. The van der Waals surface area contributed by atoms with E-state index >= 15 is 0 Å². The zero-order valence-corrected chi connectivity index (χ0v) is 10.4. The number of ketones is 1. The molecular weight excluding hydrogens is 216 g/mol. The summed E-state index contributed by atoms with van der Waals surface area (Å²) in [7, 11) is 1.40. The highest BCUT2D eigenvalue weighted by atomic mass is 16.5. The van der Waals surface area contributed by atoms with Gasteiger partial charge in [0, 0.05) is 12.8 Å². The van der Waals surface area contributed by atoms with E-state index in [2.05, 4.69) is 16.9 Å². The van der Waals surface area contributed by atoms with Crippen molar-refractivity contribution in [3.8, 4) is 0 Å². The fourth-order valence-electron chi connectivity index (χ4n) is 1.84. The number of rotatable bonds is 7. The first-order valence-corrected chi connectivity index (χ1v) is 6.18. The summed E-state index contributed by atoms with van der Waals surface area (Å²) in [6.45, 7) is 0. The Morgan fingerprint density at radius 1 is 1.41 bits per heavy atom. The second-order valence-electron chi connectivity index (χ2n) is 4.17. The van der Waals surface area contributed by atoms with Gasteiger partial charge >= 0.3 is 5.97 Å². The molecule has 17 heavy (non-hydrogen) atoms. The number of allylic oxidation sites excluding steroid dienone is 4. The molecule has 0 N–H and O–H groups in total. The molecule has 3 heteroatoms. The standard InChI is InChI=1S/C14H20O3/c1-17-14(16)11-6-4-2-3-5-8-12-9-7-10-13(12)15/h2,4,9H,3,5-8,10-11H2,1H3. The second kappa shape index (κ2) is 7.82. The predicted molar refractivity (Wildman–Crippen MR) is 66.6 cm³/mol. The molecule has 0 spiro atoms. The zero-order chi connectivity index (χ0) is 12.5. The van der Waals surface area contributed by atoms with Crippen LogP contribution in [0.4, 0.5) is 0 Å². The molecule has 94 valence electrons. The minimum atomic E-state index is -0.170. The molecule has 0 radical (unpaired) electrons. The van der Waals surface area contributed by atoms with E-state index in [1.807, 2.05) is 6.08 Å². The molecule has 0 aromatic carbocycles. The van der Waals surface area contributed by atoms with Gasteiger partial charge < -0.3 is 4.74 Å². The predicted octanol–water partition coefficient (Wildman–Crippen LogP) is 2.96. The normalized spacial score (nSPS) is 15.4. The van der Waals surface area contributed by atoms with E-state index < -0.39 is 0 Å². The van der Waals surface area contributed by atoms with Crippen LogP contribution in [0.25, 0.3) is 0 Å². The molecule has 1 aliphatic rings. The molecule has 0 unspecified atom stereocenters. The van der Waals surface area contributed by atoms with E-state index in [-0.39, 0.29) is 5.97 Å². The molecule has 3 nitrogen and oxygen atoms in total. The lowest BCUT2D eigenvalue weighted by atomic mass is 10.1. The lowest BCUT2D eigenvalue weighted by Gasteiger charge is -1.98. The van der Waals surface area contributed by atoms with Gasteiger partial charge in [-0.05, 0) is 37.7 Å². The van der Waals surface area contributed by atoms with Gasteiger partial charge in [0.15, 0.2) is 5.78 Å². The second-order valence-corrected chi connectivity index (χ2v) is 4.17. The maximum Gasteiger partial charge on any atom is 0.305 e. The Kier molecular flexibility index (Phi) is 6.30. The van der Waals surface area contributed by atoms with Crippen molar-refractivity contribution in [2.45, 2.75) is 44.9 Å². The number of carbonyl (C=O) groups excluding carboxylic acids is 2. The van der Waals surface area contributed by atoms with Gasteiger partial charge in [0.1, 0.15) is 0 Å². The Balaban J connectivity index is 2.02. The Labute approximate surface area is 103 Å². The van der Waals surface area contributed by atoms with Crippen LogP contribution in [0, 0.1) is 0 Å². The van der Waals surface area contributed by atoms with Crippen molar-refractivity contribution in [2.75, 3.05) is 7.11 Å². The first-order chi connectivity index (χ1) is 8.24. The maximum atomic E-state index is 11.3. The van der Waals surface area contributed by atoms with E-state index in [0.29, 0.717) is 18.6 Å². The average Bonchev–Trinajstić information content (AvgIpc) is 2.73. The first-order valence-electron chi connectivity index (χ1n) is 6.18. The van der Waals surface area contributed by atoms with Crippen LogP contribution in [0.15, 0.2) is 23.8 Å². The minimum absolute atomic E-state index is 0.170. The molecule has 0 bridgehead atoms. The number of ether oxygens (including phenoxy) is 1. The minimum Gasteiger partial charge on any atom is -0.469 e. The average molecular weight is 236 g/mol. The largest absolute Gasteiger partial charge is 0.469 e. The number of esters is 1. The Bertz CT molecular complexity index is 326. The van der Waals surface area contributed by atoms with E-state index in [1.54, 1.807) is 0 Å². The van der Waals surface area contributed by atoms with E-state index in [9.17, 15) is 9.59 Å². The highest BCUT2D eigenvalue weighted by molar-refractivity contribution is 5.97. The molecule has 1 rings (SSSR count). The molecule has 0 aromatic heterocycles. The van der Waals surface area contributed by atoms with Crippen molar-refractivity contribution in [3.63, 3.8) is 0 Å². The van der Waals surface area contributed by atoms with Crippen LogP contribution >= 0.6 is 0 Å². The van der Waals surface area contributed by atoms with Gasteiger partial charge in [-0.3, -0.25) is 9.59 Å². The highest BCUT2D eigenvalue weighted by Gasteiger charge is 2.13. The molecule has 0 heterocycles. The fraction of sp³-hybridized carbons (Fsp3) is 0.571. The third-order valence-corrected chi connectivity index (χ3v) is 2.85. The monoisotopic (exact) mass is 236 g/mol. The number of carbonyl (C=O) groups is 2. The summed E-state index contributed by atoms with van der Waals surface area (Å²) >= 11 is 0. The number of hydrogen-bond donors (Lipinski definition) is 0. The van der Waals surface area contributed by atoms with Gasteiger partial charge in [-0.1, -0.05) is 18.2 Å². The van der Waals surface area contributed by atoms with Crippen LogP contribution in [0.5, 0.6) is 0 Å². The fourth-order valence-corrected chi connectivity index (χ4v) is 1.84. The molecular formula is C14H20O3. The van der Waals surface area contributed by atoms with Crippen LogP contribution in [0.1, 0.15) is 44.9 Å². The summed E-state index contributed by atoms with van der Waals surface area (Å²) < 4.78 is 4.54. The molecule has 1 aliphatic carbocycles. The number of unbranched alkanes of at least 4 members (excludes halogenated alkanes) is 1. The Hall–Kier alpha value is -1.38. The SMILES string of the molecule is COC(=O)CCC=CCCCC1=CCCC1=O. The molecule has 0 aliphatic heterocycles. The Morgan fingerprint density at radius 2 is 2.18 bits per heavy atom. The van der Waals surface area contributed by atoms with E-state index in [0.717, 1.165) is 37.7 Å². The Morgan fingerprint density at radius 3 is 2.82 bits per heavy atom. The van der Waals surface area contributed by atoms with Gasteiger partial charge in [0.2, 0.25) is 0 Å². The summed E-state index contributed by atoms with van der Waals surface area (Å²) in [6, 6.07) is 0. The number of Topliss-reactive ketones (excluding diaryl/α,β-unsaturated/α-hetero) is 1. The summed E-state index contributed by atoms with van der Waals surface area (Å²) in [4.78, 5) is 22.1. The van der Waals surface area contributed by atoms with Crippen molar-refractivity contribution in [2.24, 2.45) is 0 Å².